The number of hydrogen-bond acceptors (Lipinski definition) is 8. The molecular weight excluding hydrogens is 392 g/mol. The van der Waals surface area contributed by atoms with Gasteiger partial charge in [-0.05, 0) is 29.1 Å². The molecule has 8 nitrogen and oxygen atoms in total. The second kappa shape index (κ2) is 9.17. The summed E-state index contributed by atoms with van der Waals surface area (Å²) in [5.41, 5.74) is 1.56. The summed E-state index contributed by atoms with van der Waals surface area (Å²) in [6, 6.07) is 9.47. The Labute approximate surface area is 172 Å². The van der Waals surface area contributed by atoms with Gasteiger partial charge < -0.3 is 19.2 Å². The van der Waals surface area contributed by atoms with Crippen molar-refractivity contribution < 1.29 is 18.7 Å². The lowest BCUT2D eigenvalue weighted by atomic mass is 10.1. The summed E-state index contributed by atoms with van der Waals surface area (Å²) in [5.74, 6) is 1.09. The summed E-state index contributed by atoms with van der Waals surface area (Å²) in [6.45, 7) is 4.26. The van der Waals surface area contributed by atoms with Crippen molar-refractivity contribution in [3.8, 4) is 16.5 Å². The summed E-state index contributed by atoms with van der Waals surface area (Å²) in [7, 11) is 1.57. The Morgan fingerprint density at radius 2 is 2.14 bits per heavy atom. The molecule has 1 aliphatic heterocycles. The quantitative estimate of drug-likeness (QED) is 0.635. The van der Waals surface area contributed by atoms with Gasteiger partial charge in [-0.25, -0.2) is 0 Å². The first-order valence-corrected chi connectivity index (χ1v) is 10.2. The zero-order valence-electron chi connectivity index (χ0n) is 16.1. The van der Waals surface area contributed by atoms with Crippen LogP contribution in [-0.4, -0.2) is 54.4 Å². The molecule has 152 valence electrons. The lowest BCUT2D eigenvalue weighted by molar-refractivity contribution is 0.0341. The SMILES string of the molecule is COc1cc(CN2CCOCC2)ccc1C(=O)NCc1nnc(-c2cccs2)o1. The van der Waals surface area contributed by atoms with Gasteiger partial charge in [0.2, 0.25) is 5.89 Å². The molecule has 0 bridgehead atoms. The van der Waals surface area contributed by atoms with Crippen molar-refractivity contribution in [1.29, 1.82) is 0 Å². The Bertz CT molecular complexity index is 951. The Morgan fingerprint density at radius 3 is 2.90 bits per heavy atom. The molecule has 9 heteroatoms. The maximum absolute atomic E-state index is 12.6. The molecule has 0 atom stereocenters. The van der Waals surface area contributed by atoms with E-state index in [1.807, 2.05) is 29.6 Å². The molecule has 0 unspecified atom stereocenters. The van der Waals surface area contributed by atoms with Gasteiger partial charge in [-0.15, -0.1) is 21.5 Å². The minimum absolute atomic E-state index is 0.149. The Balaban J connectivity index is 1.38. The number of carbonyl (C=O) groups excluding carboxylic acids is 1. The highest BCUT2D eigenvalue weighted by molar-refractivity contribution is 7.13. The maximum atomic E-state index is 12.6. The number of amides is 1. The van der Waals surface area contributed by atoms with Gasteiger partial charge in [0.05, 0.1) is 37.3 Å². The summed E-state index contributed by atoms with van der Waals surface area (Å²) in [4.78, 5) is 15.8. The second-order valence-electron chi connectivity index (χ2n) is 6.58. The molecule has 0 aliphatic carbocycles. The average Bonchev–Trinajstić information content (AvgIpc) is 3.44. The van der Waals surface area contributed by atoms with Gasteiger partial charge in [0.1, 0.15) is 5.75 Å². The van der Waals surface area contributed by atoms with E-state index in [-0.39, 0.29) is 12.5 Å². The largest absolute Gasteiger partial charge is 0.496 e. The van der Waals surface area contributed by atoms with E-state index in [1.54, 1.807) is 13.2 Å². The number of rotatable bonds is 7. The normalized spacial score (nSPS) is 14.7. The highest BCUT2D eigenvalue weighted by Gasteiger charge is 2.17. The number of aromatic nitrogens is 2. The van der Waals surface area contributed by atoms with Crippen LogP contribution in [0.5, 0.6) is 5.75 Å². The third kappa shape index (κ3) is 4.81. The van der Waals surface area contributed by atoms with Crippen molar-refractivity contribution in [2.24, 2.45) is 0 Å². The van der Waals surface area contributed by atoms with Crippen LogP contribution in [0.1, 0.15) is 21.8 Å². The highest BCUT2D eigenvalue weighted by Crippen LogP contribution is 2.24. The molecule has 29 heavy (non-hydrogen) atoms. The summed E-state index contributed by atoms with van der Waals surface area (Å²) in [6.07, 6.45) is 0. The minimum atomic E-state index is -0.254. The lowest BCUT2D eigenvalue weighted by Gasteiger charge is -2.26. The minimum Gasteiger partial charge on any atom is -0.496 e. The predicted molar refractivity (Wildman–Crippen MR) is 108 cm³/mol. The monoisotopic (exact) mass is 414 g/mol. The van der Waals surface area contributed by atoms with Gasteiger partial charge in [-0.2, -0.15) is 0 Å². The van der Waals surface area contributed by atoms with Gasteiger partial charge in [0.15, 0.2) is 0 Å². The lowest BCUT2D eigenvalue weighted by Crippen LogP contribution is -2.35. The number of benzene rings is 1. The van der Waals surface area contributed by atoms with Crippen molar-refractivity contribution in [3.05, 3.63) is 52.7 Å². The number of ether oxygens (including phenoxy) is 2. The number of carbonyl (C=O) groups is 1. The van der Waals surface area contributed by atoms with Gasteiger partial charge in [-0.1, -0.05) is 12.1 Å². The van der Waals surface area contributed by atoms with Crippen LogP contribution >= 0.6 is 11.3 Å². The van der Waals surface area contributed by atoms with Gasteiger partial charge in [0.25, 0.3) is 11.8 Å². The number of nitrogens with zero attached hydrogens (tertiary/aromatic N) is 3. The predicted octanol–water partition coefficient (Wildman–Crippen LogP) is 2.57. The molecule has 4 rings (SSSR count). The topological polar surface area (TPSA) is 89.7 Å². The first kappa shape index (κ1) is 19.6. The van der Waals surface area contributed by atoms with Crippen LogP contribution in [0, 0.1) is 0 Å². The van der Waals surface area contributed by atoms with Gasteiger partial charge in [-0.3, -0.25) is 9.69 Å². The number of hydrogen-bond donors (Lipinski definition) is 1. The van der Waals surface area contributed by atoms with Crippen LogP contribution in [0.2, 0.25) is 0 Å². The van der Waals surface area contributed by atoms with Crippen LogP contribution in [0.25, 0.3) is 10.8 Å². The molecule has 2 aromatic heterocycles. The standard InChI is InChI=1S/C20H22N4O4S/c1-26-16-11-14(13-24-6-8-27-9-7-24)4-5-15(16)19(25)21-12-18-22-23-20(28-18)17-3-2-10-29-17/h2-5,10-11H,6-9,12-13H2,1H3,(H,21,25). The Morgan fingerprint density at radius 1 is 1.28 bits per heavy atom. The summed E-state index contributed by atoms with van der Waals surface area (Å²) < 4.78 is 16.4. The smallest absolute Gasteiger partial charge is 0.257 e. The molecule has 1 amide bonds. The second-order valence-corrected chi connectivity index (χ2v) is 7.53. The fourth-order valence-electron chi connectivity index (χ4n) is 3.12. The van der Waals surface area contributed by atoms with E-state index in [1.165, 1.54) is 11.3 Å². The molecule has 3 aromatic rings. The third-order valence-corrected chi connectivity index (χ3v) is 5.48. The van der Waals surface area contributed by atoms with E-state index in [9.17, 15) is 4.79 Å². The zero-order valence-corrected chi connectivity index (χ0v) is 16.9. The number of thiophene rings is 1. The van der Waals surface area contributed by atoms with Crippen LogP contribution < -0.4 is 10.1 Å². The summed E-state index contributed by atoms with van der Waals surface area (Å²) >= 11 is 1.52. The van der Waals surface area contributed by atoms with Crippen molar-refractivity contribution in [3.63, 3.8) is 0 Å². The average molecular weight is 414 g/mol. The molecule has 1 aromatic carbocycles. The number of nitrogens with one attached hydrogen (secondary N) is 1. The van der Waals surface area contributed by atoms with E-state index < -0.39 is 0 Å². The third-order valence-electron chi connectivity index (χ3n) is 4.62. The highest BCUT2D eigenvalue weighted by atomic mass is 32.1. The molecule has 1 aliphatic rings. The van der Waals surface area contributed by atoms with Crippen LogP contribution in [0.15, 0.2) is 40.1 Å². The molecule has 0 saturated carbocycles. The molecule has 1 fully saturated rings. The first-order chi connectivity index (χ1) is 14.2. The number of methoxy groups -OCH3 is 1. The fourth-order valence-corrected chi connectivity index (χ4v) is 3.76. The molecule has 1 saturated heterocycles. The van der Waals surface area contributed by atoms with Crippen LogP contribution in [0.4, 0.5) is 0 Å². The Hall–Kier alpha value is -2.75. The maximum Gasteiger partial charge on any atom is 0.257 e. The zero-order chi connectivity index (χ0) is 20.1. The van der Waals surface area contributed by atoms with E-state index in [0.29, 0.717) is 23.1 Å². The van der Waals surface area contributed by atoms with Crippen LogP contribution in [0.3, 0.4) is 0 Å². The molecular formula is C20H22N4O4S. The van der Waals surface area contributed by atoms with Gasteiger partial charge in [0, 0.05) is 19.6 Å². The van der Waals surface area contributed by atoms with E-state index in [0.717, 1.165) is 43.3 Å². The molecule has 0 radical (unpaired) electrons. The molecule has 0 spiro atoms. The van der Waals surface area contributed by atoms with E-state index >= 15 is 0 Å². The molecule has 1 N–H and O–H groups in total. The van der Waals surface area contributed by atoms with Crippen molar-refractivity contribution in [2.45, 2.75) is 13.1 Å². The van der Waals surface area contributed by atoms with E-state index in [4.69, 9.17) is 13.9 Å². The first-order valence-electron chi connectivity index (χ1n) is 9.34. The number of morpholine rings is 1. The molecule has 3 heterocycles. The fraction of sp³-hybridized carbons (Fsp3) is 0.350. The Kier molecular flexibility index (Phi) is 6.18. The van der Waals surface area contributed by atoms with Gasteiger partial charge >= 0.3 is 0 Å². The van der Waals surface area contributed by atoms with E-state index in [2.05, 4.69) is 20.4 Å². The van der Waals surface area contributed by atoms with Crippen molar-refractivity contribution >= 4 is 17.2 Å². The summed E-state index contributed by atoms with van der Waals surface area (Å²) in [5, 5.41) is 12.8. The van der Waals surface area contributed by atoms with Crippen molar-refractivity contribution in [2.75, 3.05) is 33.4 Å². The van der Waals surface area contributed by atoms with Crippen LogP contribution in [-0.2, 0) is 17.8 Å². The van der Waals surface area contributed by atoms with Crippen molar-refractivity contribution in [1.82, 2.24) is 20.4 Å².